The summed E-state index contributed by atoms with van der Waals surface area (Å²) in [5.74, 6) is 0.304. The average molecular weight is 420 g/mol. The van der Waals surface area contributed by atoms with Crippen LogP contribution >= 0.6 is 0 Å². The van der Waals surface area contributed by atoms with Gasteiger partial charge in [0.05, 0.1) is 49.4 Å². The Balaban J connectivity index is 1.62. The lowest BCUT2D eigenvalue weighted by molar-refractivity contribution is 0.00482. The number of aromatic nitrogens is 3. The van der Waals surface area contributed by atoms with Gasteiger partial charge >= 0.3 is 0 Å². The molecule has 0 unspecified atom stereocenters. The Hall–Kier alpha value is -3.65. The largest absolute Gasteiger partial charge is 0.497 e. The molecule has 0 saturated carbocycles. The van der Waals surface area contributed by atoms with Gasteiger partial charge in [0, 0.05) is 16.7 Å². The third-order valence-corrected chi connectivity index (χ3v) is 5.75. The maximum atomic E-state index is 13.7. The predicted molar refractivity (Wildman–Crippen MR) is 117 cm³/mol. The summed E-state index contributed by atoms with van der Waals surface area (Å²) in [4.78, 5) is 23.1. The summed E-state index contributed by atoms with van der Waals surface area (Å²) in [6.45, 7) is -0.766. The van der Waals surface area contributed by atoms with Crippen LogP contribution in [-0.4, -0.2) is 45.9 Å². The zero-order valence-corrected chi connectivity index (χ0v) is 17.1. The lowest BCUT2D eigenvalue weighted by Crippen LogP contribution is -2.37. The van der Waals surface area contributed by atoms with Gasteiger partial charge in [0.15, 0.2) is 0 Å². The van der Waals surface area contributed by atoms with Crippen molar-refractivity contribution in [2.45, 2.75) is 19.1 Å². The van der Waals surface area contributed by atoms with Crippen molar-refractivity contribution in [3.05, 3.63) is 65.6 Å². The van der Waals surface area contributed by atoms with E-state index in [4.69, 9.17) is 19.3 Å². The second-order valence-corrected chi connectivity index (χ2v) is 7.51. The minimum absolute atomic E-state index is 0.0576. The SMILES string of the molecule is [2H]C([2H])([2H])N(C(=O)c1ccc2nc(N)c3cncn3c2c1)[C@@H]1CO[C@H](C)c2cc(OC)ccc21. The second-order valence-electron chi connectivity index (χ2n) is 7.51. The first kappa shape index (κ1) is 16.1. The molecule has 0 fully saturated rings. The molecule has 0 saturated heterocycles. The smallest absolute Gasteiger partial charge is 0.254 e. The molecule has 0 radical (unpaired) electrons. The first-order valence-corrected chi connectivity index (χ1v) is 9.83. The first-order valence-electron chi connectivity index (χ1n) is 11.3. The van der Waals surface area contributed by atoms with E-state index in [9.17, 15) is 4.79 Å². The zero-order chi connectivity index (χ0) is 24.2. The molecule has 0 bridgehead atoms. The van der Waals surface area contributed by atoms with E-state index in [2.05, 4.69) is 9.97 Å². The fourth-order valence-corrected chi connectivity index (χ4v) is 4.05. The minimum atomic E-state index is -2.71. The van der Waals surface area contributed by atoms with E-state index in [1.54, 1.807) is 54.4 Å². The molecule has 2 atom stereocenters. The zero-order valence-electron chi connectivity index (χ0n) is 20.1. The summed E-state index contributed by atoms with van der Waals surface area (Å²) in [6, 6.07) is 9.38. The number of nitrogen functional groups attached to an aromatic ring is 1. The van der Waals surface area contributed by atoms with E-state index >= 15 is 0 Å². The van der Waals surface area contributed by atoms with Crippen LogP contribution in [0.1, 0.15) is 44.7 Å². The molecule has 2 aromatic carbocycles. The van der Waals surface area contributed by atoms with Crippen molar-refractivity contribution in [1.82, 2.24) is 19.3 Å². The van der Waals surface area contributed by atoms with Crippen molar-refractivity contribution in [3.63, 3.8) is 0 Å². The number of carbonyl (C=O) groups is 1. The highest BCUT2D eigenvalue weighted by Gasteiger charge is 2.31. The van der Waals surface area contributed by atoms with E-state index in [1.165, 1.54) is 0 Å². The van der Waals surface area contributed by atoms with Gasteiger partial charge in [0.2, 0.25) is 0 Å². The van der Waals surface area contributed by atoms with Crippen LogP contribution in [0.25, 0.3) is 16.6 Å². The number of ether oxygens (including phenoxy) is 2. The van der Waals surface area contributed by atoms with Gasteiger partial charge in [-0.1, -0.05) is 6.07 Å². The molecule has 1 aliphatic rings. The third-order valence-electron chi connectivity index (χ3n) is 5.75. The van der Waals surface area contributed by atoms with Gasteiger partial charge in [-0.25, -0.2) is 9.97 Å². The Labute approximate surface area is 183 Å². The number of nitrogens with two attached hydrogens (primary N) is 1. The maximum absolute atomic E-state index is 13.7. The Morgan fingerprint density at radius 2 is 2.16 bits per heavy atom. The summed E-state index contributed by atoms with van der Waals surface area (Å²) in [6.07, 6.45) is 2.89. The van der Waals surface area contributed by atoms with Gasteiger partial charge in [-0.2, -0.15) is 0 Å². The van der Waals surface area contributed by atoms with Gasteiger partial charge in [-0.3, -0.25) is 9.20 Å². The van der Waals surface area contributed by atoms with Crippen molar-refractivity contribution in [3.8, 4) is 5.75 Å². The van der Waals surface area contributed by atoms with Gasteiger partial charge in [0.25, 0.3) is 5.91 Å². The number of carbonyl (C=O) groups excluding carboxylic acids is 1. The average Bonchev–Trinajstić information content (AvgIpc) is 3.30. The van der Waals surface area contributed by atoms with E-state index in [1.807, 2.05) is 13.0 Å². The van der Waals surface area contributed by atoms with Crippen molar-refractivity contribution >= 4 is 28.3 Å². The molecule has 2 N–H and O–H groups in total. The molecule has 2 aromatic heterocycles. The maximum Gasteiger partial charge on any atom is 0.254 e. The molecule has 8 nitrogen and oxygen atoms in total. The van der Waals surface area contributed by atoms with Crippen molar-refractivity contribution in [1.29, 1.82) is 0 Å². The normalized spacial score (nSPS) is 20.0. The number of methoxy groups -OCH3 is 1. The summed E-state index contributed by atoms with van der Waals surface area (Å²) in [7, 11) is 1.56. The molecule has 4 aromatic rings. The molecule has 5 rings (SSSR count). The van der Waals surface area contributed by atoms with Gasteiger partial charge in [-0.05, 0) is 48.4 Å². The quantitative estimate of drug-likeness (QED) is 0.546. The Kier molecular flexibility index (Phi) is 3.76. The topological polar surface area (TPSA) is 95.0 Å². The van der Waals surface area contributed by atoms with Crippen LogP contribution in [-0.2, 0) is 4.74 Å². The highest BCUT2D eigenvalue weighted by molar-refractivity contribution is 5.98. The minimum Gasteiger partial charge on any atom is -0.497 e. The molecule has 0 spiro atoms. The number of fused-ring (bicyclic) bond motifs is 4. The summed E-state index contributed by atoms with van der Waals surface area (Å²) in [5.41, 5.74) is 9.47. The van der Waals surface area contributed by atoms with Crippen molar-refractivity contribution < 1.29 is 18.4 Å². The number of rotatable bonds is 3. The number of likely N-dealkylation sites (N-methyl/N-ethyl adjacent to an activating group) is 1. The van der Waals surface area contributed by atoms with Gasteiger partial charge in [0.1, 0.15) is 17.1 Å². The number of hydrogen-bond acceptors (Lipinski definition) is 6. The van der Waals surface area contributed by atoms with Gasteiger partial charge in [-0.15, -0.1) is 0 Å². The van der Waals surface area contributed by atoms with Crippen LogP contribution in [0, 0.1) is 0 Å². The van der Waals surface area contributed by atoms with Crippen LogP contribution in [0.4, 0.5) is 5.82 Å². The van der Waals surface area contributed by atoms with Gasteiger partial charge < -0.3 is 20.1 Å². The van der Waals surface area contributed by atoms with Crippen LogP contribution in [0.3, 0.4) is 0 Å². The first-order chi connectivity index (χ1) is 16.2. The van der Waals surface area contributed by atoms with Crippen LogP contribution in [0.5, 0.6) is 5.75 Å². The molecule has 8 heteroatoms. The number of nitrogens with zero attached hydrogens (tertiary/aromatic N) is 4. The molecule has 1 aliphatic heterocycles. The number of hydrogen-bond donors (Lipinski definition) is 1. The van der Waals surface area contributed by atoms with Crippen LogP contribution in [0.2, 0.25) is 0 Å². The van der Waals surface area contributed by atoms with Crippen molar-refractivity contribution in [2.75, 3.05) is 26.4 Å². The molecule has 3 heterocycles. The lowest BCUT2D eigenvalue weighted by Gasteiger charge is -2.36. The second kappa shape index (κ2) is 7.24. The Morgan fingerprint density at radius 1 is 1.29 bits per heavy atom. The number of anilines is 1. The molecular weight excluding hydrogens is 394 g/mol. The molecular formula is C23H23N5O3. The van der Waals surface area contributed by atoms with E-state index in [-0.39, 0.29) is 18.3 Å². The number of amides is 1. The van der Waals surface area contributed by atoms with Crippen LogP contribution in [0.15, 0.2) is 48.9 Å². The van der Waals surface area contributed by atoms with E-state index < -0.39 is 18.9 Å². The summed E-state index contributed by atoms with van der Waals surface area (Å²) in [5, 5.41) is 0. The number of imidazole rings is 1. The monoisotopic (exact) mass is 420 g/mol. The molecule has 0 aliphatic carbocycles. The fourth-order valence-electron chi connectivity index (χ4n) is 4.05. The molecule has 31 heavy (non-hydrogen) atoms. The lowest BCUT2D eigenvalue weighted by atomic mass is 9.93. The standard InChI is InChI=1S/C23H23N5O3/c1-13-17-9-15(30-3)5-6-16(17)21(11-31-13)27(2)23(29)14-4-7-18-19(8-14)28-12-25-10-20(28)22(24)26-18/h4-10,12-13,21H,11H2,1-3H3,(H2,24,26)/t13-,21-/m1/s1/i2D3. The number of benzene rings is 2. The summed E-state index contributed by atoms with van der Waals surface area (Å²) >= 11 is 0. The van der Waals surface area contributed by atoms with E-state index in [0.29, 0.717) is 28.1 Å². The highest BCUT2D eigenvalue weighted by Crippen LogP contribution is 2.37. The third kappa shape index (κ3) is 3.07. The Bertz CT molecular complexity index is 1420. The van der Waals surface area contributed by atoms with E-state index in [0.717, 1.165) is 16.0 Å². The van der Waals surface area contributed by atoms with Crippen LogP contribution < -0.4 is 10.5 Å². The summed E-state index contributed by atoms with van der Waals surface area (Å²) < 4.78 is 37.5. The van der Waals surface area contributed by atoms with Crippen molar-refractivity contribution in [2.24, 2.45) is 0 Å². The highest BCUT2D eigenvalue weighted by atomic mass is 16.5. The Morgan fingerprint density at radius 3 is 2.97 bits per heavy atom. The fraction of sp³-hybridized carbons (Fsp3) is 0.261. The molecule has 1 amide bonds. The molecule has 158 valence electrons. The predicted octanol–water partition coefficient (Wildman–Crippen LogP) is 3.38.